The zero-order valence-corrected chi connectivity index (χ0v) is 19.4. The summed E-state index contributed by atoms with van der Waals surface area (Å²) in [6, 6.07) is -0.889. The molecule has 0 aromatic carbocycles. The summed E-state index contributed by atoms with van der Waals surface area (Å²) < 4.78 is 33.9. The second-order valence-electron chi connectivity index (χ2n) is 8.57. The molecule has 0 unspecified atom stereocenters. The van der Waals surface area contributed by atoms with Gasteiger partial charge in [-0.1, -0.05) is 18.3 Å². The van der Waals surface area contributed by atoms with E-state index in [2.05, 4.69) is 4.98 Å². The maximum absolute atomic E-state index is 13.2. The Morgan fingerprint density at radius 1 is 1.43 bits per heavy atom. The zero-order chi connectivity index (χ0) is 22.4. The van der Waals surface area contributed by atoms with Crippen LogP contribution in [0.1, 0.15) is 39.0 Å². The summed E-state index contributed by atoms with van der Waals surface area (Å²) in [5.74, 6) is -1.39. The van der Waals surface area contributed by atoms with Crippen LogP contribution in [0.5, 0.6) is 0 Å². The number of amides is 1. The van der Waals surface area contributed by atoms with Gasteiger partial charge in [-0.05, 0) is 27.2 Å². The largest absolute Gasteiger partial charge is 0.459 e. The molecule has 0 aliphatic carbocycles. The molecule has 3 heterocycles. The number of anilines is 1. The standard InChI is InChI=1S/C18H28N4O6S2/c1-11-15-13(22(16(11)25)17-19-8-12(10-23)29-17)6-7-21(15)30(26,27)20(5)9-14(24)28-18(2,3)4/h8,11,13,15,23H,6-7,9-10H2,1-5H3/t11-,13-,15+/m0/s1. The average molecular weight is 461 g/mol. The van der Waals surface area contributed by atoms with Gasteiger partial charge in [-0.2, -0.15) is 17.0 Å². The van der Waals surface area contributed by atoms with Crippen molar-refractivity contribution in [2.24, 2.45) is 5.92 Å². The molecule has 2 aliphatic heterocycles. The highest BCUT2D eigenvalue weighted by atomic mass is 32.2. The molecule has 1 aromatic heterocycles. The van der Waals surface area contributed by atoms with Crippen LogP contribution in [0.4, 0.5) is 5.13 Å². The Morgan fingerprint density at radius 2 is 2.10 bits per heavy atom. The number of thiazole rings is 1. The van der Waals surface area contributed by atoms with Crippen LogP contribution in [-0.2, 0) is 31.1 Å². The quantitative estimate of drug-likeness (QED) is 0.617. The fourth-order valence-corrected chi connectivity index (χ4v) is 6.39. The lowest BCUT2D eigenvalue weighted by Crippen LogP contribution is -2.49. The van der Waals surface area contributed by atoms with Crippen molar-refractivity contribution in [1.82, 2.24) is 13.6 Å². The maximum atomic E-state index is 13.2. The Morgan fingerprint density at radius 3 is 2.67 bits per heavy atom. The molecule has 0 saturated carbocycles. The van der Waals surface area contributed by atoms with Gasteiger partial charge in [-0.3, -0.25) is 14.5 Å². The molecular weight excluding hydrogens is 432 g/mol. The number of aliphatic hydroxyl groups is 1. The molecule has 1 amide bonds. The van der Waals surface area contributed by atoms with Gasteiger partial charge in [-0.25, -0.2) is 4.98 Å². The van der Waals surface area contributed by atoms with Gasteiger partial charge in [0.25, 0.3) is 10.2 Å². The molecule has 30 heavy (non-hydrogen) atoms. The number of rotatable bonds is 6. The van der Waals surface area contributed by atoms with Gasteiger partial charge >= 0.3 is 5.97 Å². The van der Waals surface area contributed by atoms with E-state index in [9.17, 15) is 23.1 Å². The number of carbonyl (C=O) groups is 2. The molecule has 1 aromatic rings. The normalized spacial score (nSPS) is 25.2. The van der Waals surface area contributed by atoms with Crippen molar-refractivity contribution in [3.8, 4) is 0 Å². The van der Waals surface area contributed by atoms with E-state index in [4.69, 9.17) is 4.74 Å². The summed E-state index contributed by atoms with van der Waals surface area (Å²) in [4.78, 5) is 31.4. The van der Waals surface area contributed by atoms with Gasteiger partial charge in [0.05, 0.1) is 29.5 Å². The van der Waals surface area contributed by atoms with E-state index in [1.165, 1.54) is 28.9 Å². The van der Waals surface area contributed by atoms with Gasteiger partial charge in [0.1, 0.15) is 12.1 Å². The first-order valence-corrected chi connectivity index (χ1v) is 11.9. The molecule has 2 fully saturated rings. The lowest BCUT2D eigenvalue weighted by atomic mass is 10.0. The van der Waals surface area contributed by atoms with E-state index in [0.717, 1.165) is 4.31 Å². The minimum atomic E-state index is -3.98. The van der Waals surface area contributed by atoms with Crippen molar-refractivity contribution < 1.29 is 27.9 Å². The van der Waals surface area contributed by atoms with Crippen LogP contribution in [-0.4, -0.2) is 76.8 Å². The van der Waals surface area contributed by atoms with Crippen LogP contribution in [0.25, 0.3) is 0 Å². The third-order valence-electron chi connectivity index (χ3n) is 5.21. The minimum absolute atomic E-state index is 0.167. The smallest absolute Gasteiger partial charge is 0.321 e. The number of nitrogens with zero attached hydrogens (tertiary/aromatic N) is 4. The Hall–Kier alpha value is -1.60. The molecule has 3 atom stereocenters. The number of likely N-dealkylation sites (N-methyl/N-ethyl adjacent to an activating group) is 1. The summed E-state index contributed by atoms with van der Waals surface area (Å²) in [5.41, 5.74) is -0.714. The molecule has 168 valence electrons. The van der Waals surface area contributed by atoms with E-state index in [1.54, 1.807) is 32.6 Å². The monoisotopic (exact) mass is 460 g/mol. The number of fused-ring (bicyclic) bond motifs is 1. The van der Waals surface area contributed by atoms with Crippen LogP contribution in [0.3, 0.4) is 0 Å². The fourth-order valence-electron chi connectivity index (χ4n) is 3.97. The number of ether oxygens (including phenoxy) is 1. The molecule has 12 heteroatoms. The molecule has 0 spiro atoms. The lowest BCUT2D eigenvalue weighted by molar-refractivity contribution is -0.154. The maximum Gasteiger partial charge on any atom is 0.321 e. The first kappa shape index (κ1) is 23.1. The number of hydrogen-bond acceptors (Lipinski definition) is 8. The van der Waals surface area contributed by atoms with E-state index >= 15 is 0 Å². The molecule has 1 N–H and O–H groups in total. The highest BCUT2D eigenvalue weighted by Crippen LogP contribution is 2.41. The number of esters is 1. The zero-order valence-electron chi connectivity index (χ0n) is 17.7. The average Bonchev–Trinajstić information content (AvgIpc) is 3.31. The van der Waals surface area contributed by atoms with Crippen LogP contribution in [0.2, 0.25) is 0 Å². The molecule has 0 radical (unpaired) electrons. The summed E-state index contributed by atoms with van der Waals surface area (Å²) >= 11 is 1.22. The summed E-state index contributed by atoms with van der Waals surface area (Å²) in [5, 5.41) is 9.75. The number of aliphatic hydroxyl groups excluding tert-OH is 1. The highest BCUT2D eigenvalue weighted by Gasteiger charge is 2.56. The summed E-state index contributed by atoms with van der Waals surface area (Å²) in [7, 11) is -2.64. The van der Waals surface area contributed by atoms with Crippen molar-refractivity contribution >= 4 is 38.6 Å². The van der Waals surface area contributed by atoms with E-state index in [-0.39, 0.29) is 25.1 Å². The topological polar surface area (TPSA) is 120 Å². The lowest BCUT2D eigenvalue weighted by Gasteiger charge is -2.30. The predicted molar refractivity (Wildman–Crippen MR) is 111 cm³/mol. The third kappa shape index (κ3) is 4.24. The molecule has 2 aliphatic rings. The Labute approximate surface area is 180 Å². The van der Waals surface area contributed by atoms with Gasteiger partial charge in [0.15, 0.2) is 5.13 Å². The second kappa shape index (κ2) is 8.15. The summed E-state index contributed by atoms with van der Waals surface area (Å²) in [6.07, 6.45) is 1.98. The van der Waals surface area contributed by atoms with Gasteiger partial charge < -0.3 is 9.84 Å². The summed E-state index contributed by atoms with van der Waals surface area (Å²) in [6.45, 7) is 6.51. The van der Waals surface area contributed by atoms with Crippen LogP contribution < -0.4 is 4.90 Å². The third-order valence-corrected chi connectivity index (χ3v) is 8.13. The number of carbonyl (C=O) groups excluding carboxylic acids is 2. The van der Waals surface area contributed by atoms with Gasteiger partial charge in [0.2, 0.25) is 5.91 Å². The molecule has 0 bridgehead atoms. The van der Waals surface area contributed by atoms with E-state index in [1.807, 2.05) is 0 Å². The fraction of sp³-hybridized carbons (Fsp3) is 0.722. The Bertz CT molecular complexity index is 925. The molecular formula is C18H28N4O6S2. The van der Waals surface area contributed by atoms with E-state index in [0.29, 0.717) is 16.4 Å². The van der Waals surface area contributed by atoms with Crippen molar-refractivity contribution in [3.63, 3.8) is 0 Å². The van der Waals surface area contributed by atoms with Gasteiger partial charge in [-0.15, -0.1) is 0 Å². The Balaban J connectivity index is 1.80. The second-order valence-corrected chi connectivity index (χ2v) is 11.7. The number of hydrogen-bond donors (Lipinski definition) is 1. The van der Waals surface area contributed by atoms with Gasteiger partial charge in [0, 0.05) is 19.8 Å². The van der Waals surface area contributed by atoms with Crippen molar-refractivity contribution in [3.05, 3.63) is 11.1 Å². The Kier molecular flexibility index (Phi) is 6.27. The first-order chi connectivity index (χ1) is 13.9. The van der Waals surface area contributed by atoms with Crippen molar-refractivity contribution in [2.75, 3.05) is 25.0 Å². The number of aromatic nitrogens is 1. The van der Waals surface area contributed by atoms with Crippen LogP contribution in [0, 0.1) is 5.92 Å². The van der Waals surface area contributed by atoms with Crippen LogP contribution in [0.15, 0.2) is 6.20 Å². The minimum Gasteiger partial charge on any atom is -0.459 e. The SMILES string of the molecule is C[C@@H]1C(=O)N(c2ncc(CO)s2)[C@H]2CCN(S(=O)(=O)N(C)CC(=O)OC(C)(C)C)[C@H]12. The molecule has 3 rings (SSSR count). The first-order valence-electron chi connectivity index (χ1n) is 9.70. The van der Waals surface area contributed by atoms with Crippen LogP contribution >= 0.6 is 11.3 Å². The highest BCUT2D eigenvalue weighted by molar-refractivity contribution is 7.86. The predicted octanol–water partition coefficient (Wildman–Crippen LogP) is 0.579. The van der Waals surface area contributed by atoms with E-state index < -0.39 is 40.3 Å². The molecule has 10 nitrogen and oxygen atoms in total. The van der Waals surface area contributed by atoms with Crippen molar-refractivity contribution in [2.45, 2.75) is 58.4 Å². The molecule has 2 saturated heterocycles. The van der Waals surface area contributed by atoms with Crippen molar-refractivity contribution in [1.29, 1.82) is 0 Å².